The molecule has 0 aromatic carbocycles. The summed E-state index contributed by atoms with van der Waals surface area (Å²) in [5.74, 6) is 1.23. The van der Waals surface area contributed by atoms with E-state index in [9.17, 15) is 4.79 Å². The normalized spacial score (nSPS) is 20.6. The molecule has 1 amide bonds. The van der Waals surface area contributed by atoms with Crippen LogP contribution in [0.3, 0.4) is 0 Å². The summed E-state index contributed by atoms with van der Waals surface area (Å²) in [5.41, 5.74) is 1.27. The third kappa shape index (κ3) is 2.77. The van der Waals surface area contributed by atoms with Gasteiger partial charge in [-0.1, -0.05) is 0 Å². The largest absolute Gasteiger partial charge is 0.355 e. The molecule has 2 aliphatic rings. The van der Waals surface area contributed by atoms with Crippen molar-refractivity contribution in [3.8, 4) is 0 Å². The summed E-state index contributed by atoms with van der Waals surface area (Å²) in [4.78, 5) is 26.4. The molecule has 24 heavy (non-hydrogen) atoms. The van der Waals surface area contributed by atoms with Crippen LogP contribution in [-0.2, 0) is 17.6 Å². The minimum Gasteiger partial charge on any atom is -0.355 e. The molecule has 0 saturated carbocycles. The zero-order chi connectivity index (χ0) is 16.9. The number of nitrogens with one attached hydrogen (secondary N) is 1. The van der Waals surface area contributed by atoms with E-state index in [1.807, 2.05) is 32.1 Å². The first kappa shape index (κ1) is 15.8. The van der Waals surface area contributed by atoms with Crippen LogP contribution in [0, 0.1) is 5.92 Å². The molecule has 1 fully saturated rings. The van der Waals surface area contributed by atoms with Crippen molar-refractivity contribution in [3.05, 3.63) is 16.8 Å². The van der Waals surface area contributed by atoms with E-state index in [4.69, 9.17) is 0 Å². The fraction of sp³-hybridized carbons (Fsp3) is 0.611. The van der Waals surface area contributed by atoms with Gasteiger partial charge in [0.15, 0.2) is 0 Å². The average molecular weight is 344 g/mol. The number of hydrogen-bond acceptors (Lipinski definition) is 5. The highest BCUT2D eigenvalue weighted by Gasteiger charge is 2.32. The van der Waals surface area contributed by atoms with Gasteiger partial charge in [-0.15, -0.1) is 11.3 Å². The summed E-state index contributed by atoms with van der Waals surface area (Å²) in [6, 6.07) is 0. The molecular weight excluding hydrogens is 320 g/mol. The summed E-state index contributed by atoms with van der Waals surface area (Å²) in [6.45, 7) is 7.72. The number of carbonyl (C=O) groups is 1. The van der Waals surface area contributed by atoms with Gasteiger partial charge in [-0.25, -0.2) is 9.97 Å². The maximum atomic E-state index is 12.5. The van der Waals surface area contributed by atoms with E-state index < -0.39 is 0 Å². The van der Waals surface area contributed by atoms with Gasteiger partial charge in [-0.05, 0) is 52.0 Å². The third-order valence-electron chi connectivity index (χ3n) is 4.84. The fourth-order valence-corrected chi connectivity index (χ4v) is 5.01. The van der Waals surface area contributed by atoms with Crippen LogP contribution in [0.1, 0.15) is 44.1 Å². The number of carbonyl (C=O) groups excluding carboxylic acids is 1. The Balaban J connectivity index is 1.60. The van der Waals surface area contributed by atoms with Gasteiger partial charge >= 0.3 is 0 Å². The minimum atomic E-state index is -0.180. The van der Waals surface area contributed by atoms with E-state index in [0.717, 1.165) is 36.6 Å². The standard InChI is InChI=1S/C18H24N4OS/c1-18(2,3)21-16(23)11-7-8-22(9-11)15-14-12-5-4-6-13(12)24-17(14)20-10-19-15/h10-11H,4-9H2,1-3H3,(H,21,23). The van der Waals surface area contributed by atoms with Crippen LogP contribution in [0.2, 0.25) is 0 Å². The molecule has 1 aliphatic heterocycles. The highest BCUT2D eigenvalue weighted by atomic mass is 32.1. The lowest BCUT2D eigenvalue weighted by Crippen LogP contribution is -2.44. The molecule has 1 aliphatic carbocycles. The van der Waals surface area contributed by atoms with Crippen molar-refractivity contribution in [2.45, 2.75) is 52.0 Å². The van der Waals surface area contributed by atoms with Crippen molar-refractivity contribution < 1.29 is 4.79 Å². The lowest BCUT2D eigenvalue weighted by atomic mass is 10.0. The van der Waals surface area contributed by atoms with Crippen molar-refractivity contribution in [2.75, 3.05) is 18.0 Å². The predicted molar refractivity (Wildman–Crippen MR) is 97.7 cm³/mol. The minimum absolute atomic E-state index is 0.0425. The Morgan fingerprint density at radius 1 is 1.33 bits per heavy atom. The topological polar surface area (TPSA) is 58.1 Å². The predicted octanol–water partition coefficient (Wildman–Crippen LogP) is 2.92. The second-order valence-electron chi connectivity index (χ2n) is 7.91. The second-order valence-corrected chi connectivity index (χ2v) is 8.99. The molecule has 2 aromatic heterocycles. The van der Waals surface area contributed by atoms with Crippen LogP contribution in [0.4, 0.5) is 5.82 Å². The molecule has 1 N–H and O–H groups in total. The maximum Gasteiger partial charge on any atom is 0.225 e. The van der Waals surface area contributed by atoms with Crippen molar-refractivity contribution in [3.63, 3.8) is 0 Å². The first-order valence-electron chi connectivity index (χ1n) is 8.74. The number of amides is 1. The Morgan fingerprint density at radius 3 is 2.96 bits per heavy atom. The zero-order valence-electron chi connectivity index (χ0n) is 14.6. The quantitative estimate of drug-likeness (QED) is 0.910. The van der Waals surface area contributed by atoms with E-state index in [1.54, 1.807) is 6.33 Å². The first-order chi connectivity index (χ1) is 11.4. The Kier molecular flexibility index (Phi) is 3.75. The molecule has 6 heteroatoms. The number of nitrogens with zero attached hydrogens (tertiary/aromatic N) is 3. The Bertz CT molecular complexity index is 792. The Hall–Kier alpha value is -1.69. The molecule has 5 nitrogen and oxygen atoms in total. The zero-order valence-corrected chi connectivity index (χ0v) is 15.4. The molecule has 128 valence electrons. The smallest absolute Gasteiger partial charge is 0.225 e. The fourth-order valence-electron chi connectivity index (χ4n) is 3.79. The van der Waals surface area contributed by atoms with Crippen LogP contribution in [0.15, 0.2) is 6.33 Å². The van der Waals surface area contributed by atoms with Gasteiger partial charge in [-0.3, -0.25) is 4.79 Å². The molecular formula is C18H24N4OS. The van der Waals surface area contributed by atoms with Crippen LogP contribution in [-0.4, -0.2) is 34.5 Å². The van der Waals surface area contributed by atoms with Gasteiger partial charge in [0, 0.05) is 23.5 Å². The van der Waals surface area contributed by atoms with Gasteiger partial charge in [-0.2, -0.15) is 0 Å². The van der Waals surface area contributed by atoms with E-state index >= 15 is 0 Å². The Labute approximate surface area is 146 Å². The summed E-state index contributed by atoms with van der Waals surface area (Å²) in [5, 5.41) is 4.35. The first-order valence-corrected chi connectivity index (χ1v) is 9.56. The molecule has 0 bridgehead atoms. The number of aromatic nitrogens is 2. The van der Waals surface area contributed by atoms with E-state index in [-0.39, 0.29) is 17.4 Å². The van der Waals surface area contributed by atoms with Crippen LogP contribution in [0.5, 0.6) is 0 Å². The number of hydrogen-bond donors (Lipinski definition) is 1. The van der Waals surface area contributed by atoms with E-state index in [1.165, 1.54) is 28.7 Å². The van der Waals surface area contributed by atoms with Crippen molar-refractivity contribution >= 4 is 33.3 Å². The summed E-state index contributed by atoms with van der Waals surface area (Å²) in [7, 11) is 0. The van der Waals surface area contributed by atoms with Gasteiger partial charge in [0.05, 0.1) is 11.3 Å². The van der Waals surface area contributed by atoms with E-state index in [0.29, 0.717) is 0 Å². The highest BCUT2D eigenvalue weighted by Crippen LogP contribution is 2.41. The van der Waals surface area contributed by atoms with Gasteiger partial charge in [0.25, 0.3) is 0 Å². The van der Waals surface area contributed by atoms with Crippen LogP contribution < -0.4 is 10.2 Å². The maximum absolute atomic E-state index is 12.5. The number of fused-ring (bicyclic) bond motifs is 3. The molecule has 2 aromatic rings. The number of anilines is 1. The SMILES string of the molecule is CC(C)(C)NC(=O)C1CCN(c2ncnc3sc4c(c23)CCC4)C1. The lowest BCUT2D eigenvalue weighted by Gasteiger charge is -2.23. The molecule has 4 rings (SSSR count). The summed E-state index contributed by atoms with van der Waals surface area (Å²) >= 11 is 1.82. The molecule has 0 radical (unpaired) electrons. The Morgan fingerprint density at radius 2 is 2.17 bits per heavy atom. The molecule has 1 atom stereocenters. The summed E-state index contributed by atoms with van der Waals surface area (Å²) in [6.07, 6.45) is 6.11. The second kappa shape index (κ2) is 5.69. The number of aryl methyl sites for hydroxylation is 2. The molecule has 3 heterocycles. The van der Waals surface area contributed by atoms with Crippen molar-refractivity contribution in [1.29, 1.82) is 0 Å². The molecule has 1 saturated heterocycles. The van der Waals surface area contributed by atoms with Gasteiger partial charge < -0.3 is 10.2 Å². The lowest BCUT2D eigenvalue weighted by molar-refractivity contribution is -0.125. The number of rotatable bonds is 2. The van der Waals surface area contributed by atoms with E-state index in [2.05, 4.69) is 20.2 Å². The number of thiophene rings is 1. The average Bonchev–Trinajstić information content (AvgIpc) is 3.20. The van der Waals surface area contributed by atoms with Crippen molar-refractivity contribution in [1.82, 2.24) is 15.3 Å². The van der Waals surface area contributed by atoms with Crippen LogP contribution in [0.25, 0.3) is 10.2 Å². The third-order valence-corrected chi connectivity index (χ3v) is 6.04. The van der Waals surface area contributed by atoms with Crippen molar-refractivity contribution in [2.24, 2.45) is 5.92 Å². The summed E-state index contributed by atoms with van der Waals surface area (Å²) < 4.78 is 0. The molecule has 0 spiro atoms. The monoisotopic (exact) mass is 344 g/mol. The highest BCUT2D eigenvalue weighted by molar-refractivity contribution is 7.19. The van der Waals surface area contributed by atoms with Crippen LogP contribution >= 0.6 is 11.3 Å². The van der Waals surface area contributed by atoms with Gasteiger partial charge in [0.1, 0.15) is 17.0 Å². The van der Waals surface area contributed by atoms with Gasteiger partial charge in [0.2, 0.25) is 5.91 Å². The molecule has 1 unspecified atom stereocenters.